The van der Waals surface area contributed by atoms with Crippen molar-refractivity contribution >= 4 is 37.5 Å². The van der Waals surface area contributed by atoms with Gasteiger partial charge in [0.05, 0.1) is 10.5 Å². The van der Waals surface area contributed by atoms with Gasteiger partial charge in [0, 0.05) is 18.8 Å². The van der Waals surface area contributed by atoms with Crippen molar-refractivity contribution in [2.24, 2.45) is 5.73 Å². The topological polar surface area (TPSA) is 42.4 Å². The maximum absolute atomic E-state index is 5.97. The Kier molecular flexibility index (Phi) is 3.69. The highest BCUT2D eigenvalue weighted by atomic mass is 79.9. The zero-order valence-electron chi connectivity index (χ0n) is 10.3. The SMILES string of the molecule is NCC(c1cc(Br)c(Br)o1)N1CCc2ccccc21. The van der Waals surface area contributed by atoms with E-state index in [1.165, 1.54) is 11.3 Å². The maximum atomic E-state index is 5.97. The minimum Gasteiger partial charge on any atom is -0.451 e. The molecule has 0 amide bonds. The molecule has 0 bridgehead atoms. The van der Waals surface area contributed by atoms with Gasteiger partial charge in [0.1, 0.15) is 5.76 Å². The Labute approximate surface area is 129 Å². The van der Waals surface area contributed by atoms with Crippen molar-refractivity contribution in [2.75, 3.05) is 18.0 Å². The van der Waals surface area contributed by atoms with E-state index < -0.39 is 0 Å². The highest BCUT2D eigenvalue weighted by molar-refractivity contribution is 9.13. The van der Waals surface area contributed by atoms with Crippen molar-refractivity contribution in [3.63, 3.8) is 0 Å². The van der Waals surface area contributed by atoms with Gasteiger partial charge in [-0.2, -0.15) is 0 Å². The third-order valence-electron chi connectivity index (χ3n) is 3.52. The van der Waals surface area contributed by atoms with Crippen molar-refractivity contribution < 1.29 is 4.42 Å². The number of rotatable bonds is 3. The van der Waals surface area contributed by atoms with E-state index in [0.717, 1.165) is 23.2 Å². The molecule has 3 rings (SSSR count). The molecule has 1 unspecified atom stereocenters. The van der Waals surface area contributed by atoms with Crippen molar-refractivity contribution in [3.8, 4) is 0 Å². The number of halogens is 2. The van der Waals surface area contributed by atoms with Crippen LogP contribution in [0, 0.1) is 0 Å². The summed E-state index contributed by atoms with van der Waals surface area (Å²) in [6.45, 7) is 1.51. The van der Waals surface area contributed by atoms with Crippen LogP contribution < -0.4 is 10.6 Å². The molecule has 2 N–H and O–H groups in total. The summed E-state index contributed by atoms with van der Waals surface area (Å²) in [5.74, 6) is 0.887. The molecule has 0 fully saturated rings. The van der Waals surface area contributed by atoms with Crippen LogP contribution in [0.1, 0.15) is 17.4 Å². The summed E-state index contributed by atoms with van der Waals surface area (Å²) in [5, 5.41) is 0. The molecular weight excluding hydrogens is 372 g/mol. The second-order valence-corrected chi connectivity index (χ2v) is 6.17. The molecule has 0 saturated carbocycles. The molecule has 5 heteroatoms. The number of para-hydroxylation sites is 1. The van der Waals surface area contributed by atoms with E-state index >= 15 is 0 Å². The molecule has 19 heavy (non-hydrogen) atoms. The van der Waals surface area contributed by atoms with Gasteiger partial charge < -0.3 is 15.1 Å². The smallest absolute Gasteiger partial charge is 0.183 e. The van der Waals surface area contributed by atoms with Crippen LogP contribution in [0.5, 0.6) is 0 Å². The second-order valence-electron chi connectivity index (χ2n) is 4.59. The maximum Gasteiger partial charge on any atom is 0.183 e. The molecule has 1 aliphatic heterocycles. The van der Waals surface area contributed by atoms with Crippen LogP contribution in [0.4, 0.5) is 5.69 Å². The molecule has 1 atom stereocenters. The predicted octanol–water partition coefficient (Wildman–Crippen LogP) is 3.87. The Hall–Kier alpha value is -0.780. The van der Waals surface area contributed by atoms with E-state index in [2.05, 4.69) is 61.0 Å². The Balaban J connectivity index is 1.96. The van der Waals surface area contributed by atoms with Crippen molar-refractivity contribution in [1.29, 1.82) is 0 Å². The fraction of sp³-hybridized carbons (Fsp3) is 0.286. The van der Waals surface area contributed by atoms with E-state index in [9.17, 15) is 0 Å². The Bertz CT molecular complexity index is 577. The van der Waals surface area contributed by atoms with Crippen LogP contribution in [0.3, 0.4) is 0 Å². The minimum absolute atomic E-state index is 0.0752. The predicted molar refractivity (Wildman–Crippen MR) is 83.4 cm³/mol. The highest BCUT2D eigenvalue weighted by Gasteiger charge is 2.28. The number of hydrogen-bond acceptors (Lipinski definition) is 3. The fourth-order valence-electron chi connectivity index (χ4n) is 2.61. The van der Waals surface area contributed by atoms with Crippen LogP contribution in [-0.2, 0) is 6.42 Å². The molecule has 1 aliphatic rings. The molecule has 3 nitrogen and oxygen atoms in total. The standard InChI is InChI=1S/C14H14Br2N2O/c15-10-7-13(19-14(10)16)12(8-17)18-6-5-9-3-1-2-4-11(9)18/h1-4,7,12H,5-6,8,17H2. The number of anilines is 1. The average Bonchev–Trinajstić information content (AvgIpc) is 2.97. The first-order chi connectivity index (χ1) is 9.20. The van der Waals surface area contributed by atoms with Crippen LogP contribution >= 0.6 is 31.9 Å². The summed E-state index contributed by atoms with van der Waals surface area (Å²) in [4.78, 5) is 2.33. The monoisotopic (exact) mass is 384 g/mol. The molecule has 0 radical (unpaired) electrons. The van der Waals surface area contributed by atoms with Crippen molar-refractivity contribution in [1.82, 2.24) is 0 Å². The van der Waals surface area contributed by atoms with Crippen LogP contribution in [0.25, 0.3) is 0 Å². The lowest BCUT2D eigenvalue weighted by Gasteiger charge is -2.27. The van der Waals surface area contributed by atoms with Gasteiger partial charge in [-0.3, -0.25) is 0 Å². The molecule has 2 aromatic rings. The fourth-order valence-corrected chi connectivity index (χ4v) is 3.22. The molecular formula is C14H14Br2N2O. The minimum atomic E-state index is 0.0752. The van der Waals surface area contributed by atoms with Gasteiger partial charge in [0.2, 0.25) is 0 Å². The summed E-state index contributed by atoms with van der Waals surface area (Å²) >= 11 is 6.83. The van der Waals surface area contributed by atoms with Gasteiger partial charge in [-0.05, 0) is 56.0 Å². The summed E-state index contributed by atoms with van der Waals surface area (Å²) in [5.41, 5.74) is 8.61. The lowest BCUT2D eigenvalue weighted by molar-refractivity contribution is 0.439. The van der Waals surface area contributed by atoms with E-state index in [4.69, 9.17) is 10.2 Å². The van der Waals surface area contributed by atoms with Crippen molar-refractivity contribution in [2.45, 2.75) is 12.5 Å². The van der Waals surface area contributed by atoms with E-state index in [1.807, 2.05) is 6.07 Å². The lowest BCUT2D eigenvalue weighted by Crippen LogP contribution is -2.32. The van der Waals surface area contributed by atoms with Gasteiger partial charge in [-0.15, -0.1) is 0 Å². The molecule has 2 heterocycles. The quantitative estimate of drug-likeness (QED) is 0.871. The summed E-state index contributed by atoms with van der Waals surface area (Å²) in [7, 11) is 0. The second kappa shape index (κ2) is 5.31. The van der Waals surface area contributed by atoms with Crippen LogP contribution in [0.2, 0.25) is 0 Å². The zero-order chi connectivity index (χ0) is 13.4. The first-order valence-corrected chi connectivity index (χ1v) is 7.78. The molecule has 1 aromatic heterocycles. The van der Waals surface area contributed by atoms with Crippen LogP contribution in [-0.4, -0.2) is 13.1 Å². The Morgan fingerprint density at radius 2 is 2.11 bits per heavy atom. The van der Waals surface area contributed by atoms with Crippen molar-refractivity contribution in [3.05, 3.63) is 50.8 Å². The molecule has 0 aliphatic carbocycles. The zero-order valence-corrected chi connectivity index (χ0v) is 13.4. The average molecular weight is 386 g/mol. The first kappa shape index (κ1) is 13.2. The largest absolute Gasteiger partial charge is 0.451 e. The normalized spacial score (nSPS) is 15.6. The lowest BCUT2D eigenvalue weighted by atomic mass is 10.1. The third kappa shape index (κ3) is 2.35. The van der Waals surface area contributed by atoms with Gasteiger partial charge in [0.25, 0.3) is 0 Å². The Morgan fingerprint density at radius 3 is 2.79 bits per heavy atom. The number of nitrogens with two attached hydrogens (primary N) is 1. The summed E-state index contributed by atoms with van der Waals surface area (Å²) < 4.78 is 7.38. The Morgan fingerprint density at radius 1 is 1.32 bits per heavy atom. The summed E-state index contributed by atoms with van der Waals surface area (Å²) in [6.07, 6.45) is 1.07. The van der Waals surface area contributed by atoms with Gasteiger partial charge >= 0.3 is 0 Å². The van der Waals surface area contributed by atoms with E-state index in [0.29, 0.717) is 11.2 Å². The summed E-state index contributed by atoms with van der Waals surface area (Å²) in [6, 6.07) is 10.5. The van der Waals surface area contributed by atoms with Gasteiger partial charge in [-0.1, -0.05) is 18.2 Å². The van der Waals surface area contributed by atoms with E-state index in [-0.39, 0.29) is 6.04 Å². The molecule has 0 spiro atoms. The number of fused-ring (bicyclic) bond motifs is 1. The first-order valence-electron chi connectivity index (χ1n) is 6.20. The van der Waals surface area contributed by atoms with Gasteiger partial charge in [-0.25, -0.2) is 0 Å². The number of hydrogen-bond donors (Lipinski definition) is 1. The molecule has 100 valence electrons. The van der Waals surface area contributed by atoms with E-state index in [1.54, 1.807) is 0 Å². The number of benzene rings is 1. The van der Waals surface area contributed by atoms with Crippen LogP contribution in [0.15, 0.2) is 43.9 Å². The third-order valence-corrected chi connectivity index (χ3v) is 5.23. The highest BCUT2D eigenvalue weighted by Crippen LogP contribution is 2.37. The number of nitrogens with zero attached hydrogens (tertiary/aromatic N) is 1. The molecule has 1 aromatic carbocycles. The van der Waals surface area contributed by atoms with Gasteiger partial charge in [0.15, 0.2) is 4.67 Å². The molecule has 0 saturated heterocycles. The number of furan rings is 1.